The van der Waals surface area contributed by atoms with Crippen molar-refractivity contribution in [3.63, 3.8) is 0 Å². The highest BCUT2D eigenvalue weighted by molar-refractivity contribution is 5.79. The summed E-state index contributed by atoms with van der Waals surface area (Å²) in [6.07, 6.45) is 2.06. The van der Waals surface area contributed by atoms with Gasteiger partial charge in [-0.1, -0.05) is 11.2 Å². The number of carboxylic acid groups (broad SMARTS) is 1. The summed E-state index contributed by atoms with van der Waals surface area (Å²) in [6, 6.07) is 8.16. The third kappa shape index (κ3) is 3.48. The minimum Gasteiger partial charge on any atom is -0.481 e. The van der Waals surface area contributed by atoms with Gasteiger partial charge in [0.2, 0.25) is 0 Å². The number of aromatic amines is 1. The molecule has 2 aromatic heterocycles. The minimum absolute atomic E-state index is 0.00336. The van der Waals surface area contributed by atoms with Crippen LogP contribution in [0.3, 0.4) is 0 Å². The number of hydrogen-bond donors (Lipinski definition) is 2. The second-order valence-corrected chi connectivity index (χ2v) is 7.04. The van der Waals surface area contributed by atoms with Gasteiger partial charge in [-0.3, -0.25) is 14.8 Å². The molecule has 26 heavy (non-hydrogen) atoms. The molecule has 0 radical (unpaired) electrons. The highest BCUT2D eigenvalue weighted by Gasteiger charge is 2.23. The van der Waals surface area contributed by atoms with Gasteiger partial charge in [-0.15, -0.1) is 0 Å². The standard InChI is InChI=1S/C19H22N4O3/c1-12-16-8-13(2-3-18(16)26-22-12)11-23-6-4-14(5-7-23)17-9-15(20-21-17)10-19(24)25/h2-3,8-9,14H,4-7,10-11H2,1H3,(H,20,21)(H,24,25). The molecule has 7 heteroatoms. The first-order valence-corrected chi connectivity index (χ1v) is 8.92. The molecular formula is C19H22N4O3. The van der Waals surface area contributed by atoms with E-state index in [0.717, 1.165) is 54.8 Å². The van der Waals surface area contributed by atoms with Crippen molar-refractivity contribution < 1.29 is 14.4 Å². The number of aliphatic carboxylic acids is 1. The van der Waals surface area contributed by atoms with Gasteiger partial charge in [0.1, 0.15) is 0 Å². The van der Waals surface area contributed by atoms with E-state index in [4.69, 9.17) is 9.63 Å². The van der Waals surface area contributed by atoms with E-state index >= 15 is 0 Å². The van der Waals surface area contributed by atoms with Gasteiger partial charge in [-0.25, -0.2) is 0 Å². The Labute approximate surface area is 151 Å². The molecule has 0 atom stereocenters. The molecule has 0 unspecified atom stereocenters. The third-order valence-corrected chi connectivity index (χ3v) is 5.12. The number of hydrogen-bond acceptors (Lipinski definition) is 5. The zero-order valence-electron chi connectivity index (χ0n) is 14.7. The quantitative estimate of drug-likeness (QED) is 0.731. The van der Waals surface area contributed by atoms with Gasteiger partial charge in [-0.2, -0.15) is 5.10 Å². The number of likely N-dealkylation sites (tertiary alicyclic amines) is 1. The number of nitrogens with one attached hydrogen (secondary N) is 1. The molecule has 0 bridgehead atoms. The molecule has 7 nitrogen and oxygen atoms in total. The van der Waals surface area contributed by atoms with E-state index < -0.39 is 5.97 Å². The second-order valence-electron chi connectivity index (χ2n) is 7.04. The molecule has 0 aliphatic carbocycles. The molecule has 1 aliphatic heterocycles. The average molecular weight is 354 g/mol. The molecule has 0 spiro atoms. The predicted octanol–water partition coefficient (Wildman–Crippen LogP) is 2.87. The van der Waals surface area contributed by atoms with Crippen LogP contribution >= 0.6 is 0 Å². The van der Waals surface area contributed by atoms with E-state index in [1.54, 1.807) is 0 Å². The van der Waals surface area contributed by atoms with Crippen molar-refractivity contribution in [2.75, 3.05) is 13.1 Å². The monoisotopic (exact) mass is 354 g/mol. The van der Waals surface area contributed by atoms with Crippen molar-refractivity contribution >= 4 is 16.9 Å². The van der Waals surface area contributed by atoms with Crippen LogP contribution in [0.1, 0.15) is 41.4 Å². The van der Waals surface area contributed by atoms with Crippen molar-refractivity contribution in [3.05, 3.63) is 46.9 Å². The number of aromatic nitrogens is 3. The Hall–Kier alpha value is -2.67. The SMILES string of the molecule is Cc1noc2ccc(CN3CCC(c4cc(CC(=O)O)[nH]n4)CC3)cc12. The predicted molar refractivity (Wildman–Crippen MR) is 95.9 cm³/mol. The van der Waals surface area contributed by atoms with Gasteiger partial charge in [-0.05, 0) is 56.6 Å². The molecule has 1 aromatic carbocycles. The number of piperidine rings is 1. The Morgan fingerprint density at radius 3 is 2.92 bits per heavy atom. The molecule has 3 aromatic rings. The van der Waals surface area contributed by atoms with Crippen molar-refractivity contribution in [2.45, 2.75) is 38.6 Å². The van der Waals surface area contributed by atoms with Gasteiger partial charge in [0.15, 0.2) is 5.58 Å². The molecule has 1 aliphatic rings. The van der Waals surface area contributed by atoms with Crippen LogP contribution in [0.2, 0.25) is 0 Å². The van der Waals surface area contributed by atoms with Gasteiger partial charge in [0, 0.05) is 23.5 Å². The summed E-state index contributed by atoms with van der Waals surface area (Å²) in [5.74, 6) is -0.442. The van der Waals surface area contributed by atoms with Crippen molar-refractivity contribution in [3.8, 4) is 0 Å². The lowest BCUT2D eigenvalue weighted by Crippen LogP contribution is -2.32. The molecule has 1 fully saturated rings. The fourth-order valence-corrected chi connectivity index (χ4v) is 3.69. The summed E-state index contributed by atoms with van der Waals surface area (Å²) in [5.41, 5.74) is 4.69. The van der Waals surface area contributed by atoms with Crippen LogP contribution in [0, 0.1) is 6.92 Å². The van der Waals surface area contributed by atoms with E-state index in [2.05, 4.69) is 32.4 Å². The highest BCUT2D eigenvalue weighted by Crippen LogP contribution is 2.28. The lowest BCUT2D eigenvalue weighted by molar-refractivity contribution is -0.136. The number of aryl methyl sites for hydroxylation is 1. The van der Waals surface area contributed by atoms with E-state index in [9.17, 15) is 4.79 Å². The fraction of sp³-hybridized carbons (Fsp3) is 0.421. The summed E-state index contributed by atoms with van der Waals surface area (Å²) < 4.78 is 5.27. The summed E-state index contributed by atoms with van der Waals surface area (Å²) in [7, 11) is 0. The number of carbonyl (C=O) groups is 1. The smallest absolute Gasteiger partial charge is 0.309 e. The van der Waals surface area contributed by atoms with Crippen LogP contribution in [0.25, 0.3) is 11.0 Å². The van der Waals surface area contributed by atoms with Crippen LogP contribution in [0.5, 0.6) is 0 Å². The van der Waals surface area contributed by atoms with Gasteiger partial charge >= 0.3 is 5.97 Å². The normalized spacial score (nSPS) is 16.3. The van der Waals surface area contributed by atoms with Crippen LogP contribution in [0.4, 0.5) is 0 Å². The number of benzene rings is 1. The molecule has 2 N–H and O–H groups in total. The minimum atomic E-state index is -0.838. The van der Waals surface area contributed by atoms with Crippen LogP contribution in [-0.2, 0) is 17.8 Å². The van der Waals surface area contributed by atoms with E-state index in [0.29, 0.717) is 11.6 Å². The molecule has 0 saturated carbocycles. The Kier molecular flexibility index (Phi) is 4.46. The zero-order chi connectivity index (χ0) is 18.1. The zero-order valence-corrected chi connectivity index (χ0v) is 14.7. The topological polar surface area (TPSA) is 95.3 Å². The van der Waals surface area contributed by atoms with E-state index in [-0.39, 0.29) is 6.42 Å². The number of nitrogens with zero attached hydrogens (tertiary/aromatic N) is 3. The van der Waals surface area contributed by atoms with Crippen LogP contribution in [0.15, 0.2) is 28.8 Å². The Morgan fingerprint density at radius 2 is 2.15 bits per heavy atom. The summed E-state index contributed by atoms with van der Waals surface area (Å²) in [4.78, 5) is 13.2. The lowest BCUT2D eigenvalue weighted by atomic mass is 9.93. The van der Waals surface area contributed by atoms with Crippen molar-refractivity contribution in [1.29, 1.82) is 0 Å². The number of fused-ring (bicyclic) bond motifs is 1. The van der Waals surface area contributed by atoms with Gasteiger partial charge < -0.3 is 9.63 Å². The first-order valence-electron chi connectivity index (χ1n) is 8.92. The number of H-pyrrole nitrogens is 1. The summed E-state index contributed by atoms with van der Waals surface area (Å²) >= 11 is 0. The largest absolute Gasteiger partial charge is 0.481 e. The average Bonchev–Trinajstić information content (AvgIpc) is 3.22. The summed E-state index contributed by atoms with van der Waals surface area (Å²) in [5, 5.41) is 21.1. The van der Waals surface area contributed by atoms with Gasteiger partial charge in [0.05, 0.1) is 17.8 Å². The number of carboxylic acids is 1. The molecule has 136 valence electrons. The van der Waals surface area contributed by atoms with E-state index in [1.165, 1.54) is 5.56 Å². The van der Waals surface area contributed by atoms with Crippen LogP contribution < -0.4 is 0 Å². The van der Waals surface area contributed by atoms with E-state index in [1.807, 2.05) is 19.1 Å². The first-order chi connectivity index (χ1) is 12.6. The Morgan fingerprint density at radius 1 is 1.35 bits per heavy atom. The maximum atomic E-state index is 10.8. The summed E-state index contributed by atoms with van der Waals surface area (Å²) in [6.45, 7) is 4.89. The maximum absolute atomic E-state index is 10.8. The third-order valence-electron chi connectivity index (χ3n) is 5.12. The highest BCUT2D eigenvalue weighted by atomic mass is 16.5. The molecular weight excluding hydrogens is 332 g/mol. The number of rotatable bonds is 5. The van der Waals surface area contributed by atoms with Crippen molar-refractivity contribution in [2.24, 2.45) is 0 Å². The second kappa shape index (κ2) is 6.92. The van der Waals surface area contributed by atoms with Gasteiger partial charge in [0.25, 0.3) is 0 Å². The van der Waals surface area contributed by atoms with Crippen molar-refractivity contribution in [1.82, 2.24) is 20.3 Å². The Balaban J connectivity index is 1.36. The fourth-order valence-electron chi connectivity index (χ4n) is 3.69. The molecule has 0 amide bonds. The molecule has 3 heterocycles. The van der Waals surface area contributed by atoms with Crippen LogP contribution in [-0.4, -0.2) is 44.4 Å². The molecule has 4 rings (SSSR count). The first kappa shape index (κ1) is 16.8. The molecule has 1 saturated heterocycles. The Bertz CT molecular complexity index is 922. The maximum Gasteiger partial charge on any atom is 0.309 e. The lowest BCUT2D eigenvalue weighted by Gasteiger charge is -2.31.